The number of nitrogens with zero attached hydrogens (tertiary/aromatic N) is 1. The number of methoxy groups -OCH3 is 1. The highest BCUT2D eigenvalue weighted by Gasteiger charge is 2.00. The summed E-state index contributed by atoms with van der Waals surface area (Å²) in [6, 6.07) is 7.19. The molecule has 0 fully saturated rings. The molecule has 2 N–H and O–H groups in total. The number of aromatic nitrogens is 2. The van der Waals surface area contributed by atoms with E-state index in [0.717, 1.165) is 17.0 Å². The van der Waals surface area contributed by atoms with Crippen LogP contribution in [0.15, 0.2) is 24.3 Å². The Morgan fingerprint density at radius 1 is 1.29 bits per heavy atom. The van der Waals surface area contributed by atoms with E-state index in [1.165, 1.54) is 7.11 Å². The molecule has 4 nitrogen and oxygen atoms in total. The van der Waals surface area contributed by atoms with E-state index in [-0.39, 0.29) is 5.75 Å². The molecule has 1 heterocycles. The van der Waals surface area contributed by atoms with E-state index >= 15 is 0 Å². The largest absolute Gasteiger partial charge is 0.504 e. The summed E-state index contributed by atoms with van der Waals surface area (Å²) in [5.74, 6) is 0.602. The summed E-state index contributed by atoms with van der Waals surface area (Å²) in [6.07, 6.45) is 3.76. The third-order valence-electron chi connectivity index (χ3n) is 2.38. The van der Waals surface area contributed by atoms with Gasteiger partial charge in [-0.05, 0) is 36.8 Å². The van der Waals surface area contributed by atoms with E-state index < -0.39 is 0 Å². The van der Waals surface area contributed by atoms with E-state index in [2.05, 4.69) is 10.2 Å². The van der Waals surface area contributed by atoms with Crippen molar-refractivity contribution in [1.29, 1.82) is 0 Å². The van der Waals surface area contributed by atoms with Gasteiger partial charge in [0.05, 0.1) is 12.8 Å². The lowest BCUT2D eigenvalue weighted by molar-refractivity contribution is 0.373. The summed E-state index contributed by atoms with van der Waals surface area (Å²) < 4.78 is 4.97. The lowest BCUT2D eigenvalue weighted by atomic mass is 10.2. The molecule has 4 heteroatoms. The molecule has 0 aliphatic carbocycles. The smallest absolute Gasteiger partial charge is 0.160 e. The normalized spacial score (nSPS) is 10.9. The van der Waals surface area contributed by atoms with E-state index in [1.807, 2.05) is 31.2 Å². The Labute approximate surface area is 99.6 Å². The van der Waals surface area contributed by atoms with Gasteiger partial charge in [-0.2, -0.15) is 5.10 Å². The number of phenols is 1. The van der Waals surface area contributed by atoms with Gasteiger partial charge in [-0.25, -0.2) is 0 Å². The first-order valence-corrected chi connectivity index (χ1v) is 5.26. The maximum absolute atomic E-state index is 9.61. The molecule has 0 radical (unpaired) electrons. The van der Waals surface area contributed by atoms with Crippen molar-refractivity contribution in [3.05, 3.63) is 41.2 Å². The number of hydrogen-bond donors (Lipinski definition) is 2. The summed E-state index contributed by atoms with van der Waals surface area (Å²) in [7, 11) is 1.52. The fourth-order valence-corrected chi connectivity index (χ4v) is 1.52. The van der Waals surface area contributed by atoms with Gasteiger partial charge in [0, 0.05) is 5.69 Å². The van der Waals surface area contributed by atoms with Crippen LogP contribution < -0.4 is 4.74 Å². The molecule has 2 aromatic rings. The third kappa shape index (κ3) is 2.66. The molecule has 0 unspecified atom stereocenters. The topological polar surface area (TPSA) is 58.1 Å². The van der Waals surface area contributed by atoms with Crippen LogP contribution in [0.25, 0.3) is 12.2 Å². The standard InChI is InChI=1S/C13H14N2O2/c1-9-7-11(15-14-9)5-3-10-4-6-13(17-2)12(16)8-10/h3-8,16H,1-2H3,(H,14,15). The predicted octanol–water partition coefficient (Wildman–Crippen LogP) is 2.60. The molecule has 0 bridgehead atoms. The number of hydrogen-bond acceptors (Lipinski definition) is 3. The van der Waals surface area contributed by atoms with Gasteiger partial charge in [-0.1, -0.05) is 12.1 Å². The Balaban J connectivity index is 2.19. The highest BCUT2D eigenvalue weighted by atomic mass is 16.5. The number of ether oxygens (including phenoxy) is 1. The molecule has 17 heavy (non-hydrogen) atoms. The third-order valence-corrected chi connectivity index (χ3v) is 2.38. The summed E-state index contributed by atoms with van der Waals surface area (Å²) in [4.78, 5) is 0. The number of phenolic OH excluding ortho intramolecular Hbond substituents is 1. The van der Waals surface area contributed by atoms with E-state index in [1.54, 1.807) is 12.1 Å². The fourth-order valence-electron chi connectivity index (χ4n) is 1.52. The van der Waals surface area contributed by atoms with Crippen LogP contribution in [0.3, 0.4) is 0 Å². The van der Waals surface area contributed by atoms with Gasteiger partial charge in [-0.3, -0.25) is 5.10 Å². The molecule has 0 aliphatic heterocycles. The SMILES string of the molecule is COc1ccc(C=Cc2cc(C)[nH]n2)cc1O. The maximum Gasteiger partial charge on any atom is 0.160 e. The average molecular weight is 230 g/mol. The van der Waals surface area contributed by atoms with Crippen LogP contribution in [-0.2, 0) is 0 Å². The second-order valence-electron chi connectivity index (χ2n) is 3.74. The van der Waals surface area contributed by atoms with Crippen LogP contribution in [0.1, 0.15) is 17.0 Å². The summed E-state index contributed by atoms with van der Waals surface area (Å²) in [5, 5.41) is 16.6. The minimum atomic E-state index is 0.132. The monoisotopic (exact) mass is 230 g/mol. The zero-order valence-electron chi connectivity index (χ0n) is 9.77. The van der Waals surface area contributed by atoms with Crippen molar-refractivity contribution in [1.82, 2.24) is 10.2 Å². The molecule has 0 saturated heterocycles. The lowest BCUT2D eigenvalue weighted by Gasteiger charge is -2.02. The molecule has 2 rings (SSSR count). The molecule has 0 amide bonds. The maximum atomic E-state index is 9.61. The number of H-pyrrole nitrogens is 1. The molecular formula is C13H14N2O2. The fraction of sp³-hybridized carbons (Fsp3) is 0.154. The van der Waals surface area contributed by atoms with Gasteiger partial charge in [0.2, 0.25) is 0 Å². The van der Waals surface area contributed by atoms with Crippen molar-refractivity contribution >= 4 is 12.2 Å². The van der Waals surface area contributed by atoms with Crippen molar-refractivity contribution in [2.24, 2.45) is 0 Å². The molecule has 0 saturated carbocycles. The number of benzene rings is 1. The van der Waals surface area contributed by atoms with Crippen molar-refractivity contribution < 1.29 is 9.84 Å². The molecule has 88 valence electrons. The first-order chi connectivity index (χ1) is 8.19. The first-order valence-electron chi connectivity index (χ1n) is 5.26. The summed E-state index contributed by atoms with van der Waals surface area (Å²) in [6.45, 7) is 1.95. The van der Waals surface area contributed by atoms with Crippen LogP contribution in [-0.4, -0.2) is 22.4 Å². The molecule has 0 spiro atoms. The van der Waals surface area contributed by atoms with Gasteiger partial charge in [0.25, 0.3) is 0 Å². The quantitative estimate of drug-likeness (QED) is 0.852. The van der Waals surface area contributed by atoms with Crippen molar-refractivity contribution in [3.63, 3.8) is 0 Å². The number of aromatic amines is 1. The Kier molecular flexibility index (Phi) is 3.14. The highest BCUT2D eigenvalue weighted by Crippen LogP contribution is 2.26. The lowest BCUT2D eigenvalue weighted by Crippen LogP contribution is -1.83. The molecule has 1 aromatic carbocycles. The molecule has 0 atom stereocenters. The number of rotatable bonds is 3. The number of aryl methyl sites for hydroxylation is 1. The second-order valence-corrected chi connectivity index (χ2v) is 3.74. The average Bonchev–Trinajstić information content (AvgIpc) is 2.73. The van der Waals surface area contributed by atoms with Crippen LogP contribution in [0.5, 0.6) is 11.5 Å². The zero-order valence-corrected chi connectivity index (χ0v) is 9.77. The molecule has 0 aliphatic rings. The van der Waals surface area contributed by atoms with Crippen LogP contribution in [0.2, 0.25) is 0 Å². The Morgan fingerprint density at radius 2 is 2.12 bits per heavy atom. The zero-order chi connectivity index (χ0) is 12.3. The minimum Gasteiger partial charge on any atom is -0.504 e. The van der Waals surface area contributed by atoms with E-state index in [9.17, 15) is 5.11 Å². The van der Waals surface area contributed by atoms with E-state index in [0.29, 0.717) is 5.75 Å². The summed E-state index contributed by atoms with van der Waals surface area (Å²) >= 11 is 0. The summed E-state index contributed by atoms with van der Waals surface area (Å²) in [5.41, 5.74) is 2.77. The minimum absolute atomic E-state index is 0.132. The van der Waals surface area contributed by atoms with E-state index in [4.69, 9.17) is 4.74 Å². The van der Waals surface area contributed by atoms with Gasteiger partial charge < -0.3 is 9.84 Å². The Morgan fingerprint density at radius 3 is 2.71 bits per heavy atom. The second kappa shape index (κ2) is 4.74. The van der Waals surface area contributed by atoms with Gasteiger partial charge in [0.1, 0.15) is 0 Å². The van der Waals surface area contributed by atoms with Crippen molar-refractivity contribution in [2.45, 2.75) is 6.92 Å². The van der Waals surface area contributed by atoms with Gasteiger partial charge in [0.15, 0.2) is 11.5 Å². The van der Waals surface area contributed by atoms with Crippen LogP contribution in [0, 0.1) is 6.92 Å². The Hall–Kier alpha value is -2.23. The van der Waals surface area contributed by atoms with Crippen LogP contribution in [0.4, 0.5) is 0 Å². The predicted molar refractivity (Wildman–Crippen MR) is 66.9 cm³/mol. The first kappa shape index (κ1) is 11.3. The van der Waals surface area contributed by atoms with Gasteiger partial charge in [-0.15, -0.1) is 0 Å². The Bertz CT molecular complexity index is 544. The van der Waals surface area contributed by atoms with Gasteiger partial charge >= 0.3 is 0 Å². The molecule has 1 aromatic heterocycles. The van der Waals surface area contributed by atoms with Crippen molar-refractivity contribution in [3.8, 4) is 11.5 Å². The number of nitrogens with one attached hydrogen (secondary N) is 1. The number of aromatic hydroxyl groups is 1. The van der Waals surface area contributed by atoms with Crippen molar-refractivity contribution in [2.75, 3.05) is 7.11 Å². The highest BCUT2D eigenvalue weighted by molar-refractivity contribution is 5.69. The van der Waals surface area contributed by atoms with Crippen LogP contribution >= 0.6 is 0 Å². The molecular weight excluding hydrogens is 216 g/mol.